The highest BCUT2D eigenvalue weighted by Gasteiger charge is 2.52. The van der Waals surface area contributed by atoms with Gasteiger partial charge in [0.25, 0.3) is 23.6 Å². The van der Waals surface area contributed by atoms with Gasteiger partial charge < -0.3 is 40.9 Å². The second-order valence-electron chi connectivity index (χ2n) is 30.1. The molecule has 0 spiro atoms. The maximum Gasteiger partial charge on any atom is 0.257 e. The number of aromatic nitrogens is 17. The molecule has 117 heavy (non-hydrogen) atoms. The minimum absolute atomic E-state index is 0.00271. The summed E-state index contributed by atoms with van der Waals surface area (Å²) in [4.78, 5) is 113. The molecule has 4 amide bonds. The van der Waals surface area contributed by atoms with E-state index in [1.807, 2.05) is 94.4 Å². The highest BCUT2D eigenvalue weighted by atomic mass is 35.5. The number of carbonyl (C=O) groups excluding carboxylic acids is 4. The number of amides is 4. The Labute approximate surface area is 685 Å². The molecule has 592 valence electrons. The number of piperidine rings is 4. The SMILES string of the molecule is Cc1ccc(NC2CC3CC2N(C(=O)c2ccccc2-n2nccn2)C3)nn1.O=C(c1c(F)cccc1-c1ncccn1)N1CC2CC(Nc3ncc(Cl)cn3)C1C2.O=C(c1ccccc1-c1ncc(F)cn1)N1CC2CC(Nc3ncc(Cl)cn3)C1C2.O=C(c1ccccc1-c1ncccn1)N1CC2CC(Nc3ncc(Cl)cn3)C1C2. The van der Waals surface area contributed by atoms with E-state index >= 15 is 0 Å². The number of nitrogens with zero attached hydrogens (tertiary/aromatic N) is 21. The van der Waals surface area contributed by atoms with E-state index in [1.165, 1.54) is 23.3 Å². The van der Waals surface area contributed by atoms with Crippen LogP contribution in [-0.2, 0) is 0 Å². The van der Waals surface area contributed by atoms with Gasteiger partial charge in [-0.1, -0.05) is 95.5 Å². The number of benzene rings is 4. The van der Waals surface area contributed by atoms with Crippen molar-refractivity contribution in [2.75, 3.05) is 47.4 Å². The molecule has 4 aliphatic heterocycles. The third-order valence-corrected chi connectivity index (χ3v) is 23.3. The predicted molar refractivity (Wildman–Crippen MR) is 431 cm³/mol. The molecule has 12 atom stereocenters. The monoisotopic (exact) mass is 1630 g/mol. The summed E-state index contributed by atoms with van der Waals surface area (Å²) >= 11 is 17.6. The molecule has 8 aromatic heterocycles. The van der Waals surface area contributed by atoms with Crippen molar-refractivity contribution >= 4 is 82.1 Å². The van der Waals surface area contributed by atoms with Gasteiger partial charge in [0.05, 0.1) is 135 Å². The molecule has 12 aromatic rings. The molecule has 4 saturated heterocycles. The largest absolute Gasteiger partial charge is 0.364 e. The van der Waals surface area contributed by atoms with Gasteiger partial charge >= 0.3 is 0 Å². The van der Waals surface area contributed by atoms with Gasteiger partial charge in [-0.3, -0.25) is 19.2 Å². The summed E-state index contributed by atoms with van der Waals surface area (Å²) < 4.78 is 28.0. The van der Waals surface area contributed by atoms with Gasteiger partial charge in [-0.25, -0.2) is 68.6 Å². The molecule has 4 aliphatic carbocycles. The van der Waals surface area contributed by atoms with Gasteiger partial charge in [-0.05, 0) is 137 Å². The number of fused-ring (bicyclic) bond motifs is 8. The molecule has 8 fully saturated rings. The van der Waals surface area contributed by atoms with Gasteiger partial charge in [-0.15, -0.1) is 5.10 Å². The molecule has 0 radical (unpaired) electrons. The van der Waals surface area contributed by atoms with Gasteiger partial charge in [0.15, 0.2) is 23.3 Å². The van der Waals surface area contributed by atoms with E-state index < -0.39 is 11.6 Å². The van der Waals surface area contributed by atoms with Crippen molar-refractivity contribution in [2.45, 2.75) is 107 Å². The third-order valence-electron chi connectivity index (χ3n) is 22.7. The topological polar surface area (TPSA) is 341 Å². The van der Waals surface area contributed by atoms with Gasteiger partial charge in [0, 0.05) is 91.8 Å². The normalized spacial score (nSPS) is 22.6. The second kappa shape index (κ2) is 34.1. The Bertz CT molecular complexity index is 5540. The summed E-state index contributed by atoms with van der Waals surface area (Å²) in [7, 11) is 0. The van der Waals surface area contributed by atoms with Crippen LogP contribution >= 0.6 is 34.8 Å². The van der Waals surface area contributed by atoms with Crippen molar-refractivity contribution < 1.29 is 28.0 Å². The molecule has 29 nitrogen and oxygen atoms in total. The zero-order valence-corrected chi connectivity index (χ0v) is 65.1. The Hall–Kier alpha value is -12.6. The molecular formula is C83H76Cl3F2N25O4. The molecule has 12 heterocycles. The molecule has 4 aromatic carbocycles. The first-order valence-corrected chi connectivity index (χ1v) is 39.7. The number of nitrogens with one attached hydrogen (secondary N) is 4. The maximum atomic E-state index is 14.8. The Morgan fingerprint density at radius 1 is 0.368 bits per heavy atom. The minimum atomic E-state index is -0.571. The molecule has 8 aliphatic rings. The molecule has 8 bridgehead atoms. The first kappa shape index (κ1) is 77.0. The number of para-hydroxylation sites is 1. The van der Waals surface area contributed by atoms with Crippen LogP contribution < -0.4 is 21.3 Å². The highest BCUT2D eigenvalue weighted by Crippen LogP contribution is 2.45. The number of hydrogen-bond acceptors (Lipinski definition) is 24. The van der Waals surface area contributed by atoms with Gasteiger partial charge in [0.2, 0.25) is 17.8 Å². The van der Waals surface area contributed by atoms with Crippen molar-refractivity contribution in [3.63, 3.8) is 0 Å². The Morgan fingerprint density at radius 3 is 1.17 bits per heavy atom. The summed E-state index contributed by atoms with van der Waals surface area (Å²) in [5.74, 6) is 3.81. The smallest absolute Gasteiger partial charge is 0.257 e. The number of anilines is 4. The molecule has 12 unspecified atom stereocenters. The van der Waals surface area contributed by atoms with Crippen LogP contribution in [0.15, 0.2) is 202 Å². The Balaban J connectivity index is 0.000000112. The fourth-order valence-electron chi connectivity index (χ4n) is 17.7. The van der Waals surface area contributed by atoms with E-state index in [0.717, 1.165) is 93.9 Å². The Morgan fingerprint density at radius 2 is 0.744 bits per heavy atom. The van der Waals surface area contributed by atoms with Crippen LogP contribution in [0.5, 0.6) is 0 Å². The average molecular weight is 1630 g/mol. The fraction of sp³-hybridized carbons (Fsp3) is 0.301. The first-order valence-electron chi connectivity index (χ1n) is 38.5. The number of hydrogen-bond donors (Lipinski definition) is 4. The summed E-state index contributed by atoms with van der Waals surface area (Å²) in [6.07, 6.45) is 29.0. The van der Waals surface area contributed by atoms with Crippen LogP contribution in [-0.4, -0.2) is 203 Å². The van der Waals surface area contributed by atoms with Crippen molar-refractivity contribution in [3.05, 3.63) is 257 Å². The van der Waals surface area contributed by atoms with E-state index in [-0.39, 0.29) is 77.5 Å². The lowest BCUT2D eigenvalue weighted by Crippen LogP contribution is -2.48. The zero-order valence-electron chi connectivity index (χ0n) is 62.9. The van der Waals surface area contributed by atoms with Crippen LogP contribution in [0.25, 0.3) is 39.9 Å². The number of aryl methyl sites for hydroxylation is 1. The quantitative estimate of drug-likeness (QED) is 0.0698. The van der Waals surface area contributed by atoms with Crippen LogP contribution in [0.4, 0.5) is 32.4 Å². The number of carbonyl (C=O) groups is 4. The van der Waals surface area contributed by atoms with Crippen molar-refractivity contribution in [1.82, 2.24) is 105 Å². The van der Waals surface area contributed by atoms with E-state index in [9.17, 15) is 28.0 Å². The molecule has 20 rings (SSSR count). The number of likely N-dealkylation sites (tertiary alicyclic amines) is 4. The summed E-state index contributed by atoms with van der Waals surface area (Å²) in [5, 5.41) is 31.7. The number of halogens is 5. The van der Waals surface area contributed by atoms with Crippen LogP contribution in [0.2, 0.25) is 15.1 Å². The van der Waals surface area contributed by atoms with Crippen LogP contribution in [0.1, 0.15) is 98.5 Å². The molecule has 34 heteroatoms. The molecule has 4 N–H and O–H groups in total. The fourth-order valence-corrected chi connectivity index (χ4v) is 18.0. The first-order chi connectivity index (χ1) is 57.1. The van der Waals surface area contributed by atoms with Crippen molar-refractivity contribution in [1.29, 1.82) is 0 Å². The van der Waals surface area contributed by atoms with Crippen molar-refractivity contribution in [2.24, 2.45) is 23.7 Å². The summed E-state index contributed by atoms with van der Waals surface area (Å²) in [5.41, 5.74) is 5.12. The van der Waals surface area contributed by atoms with Crippen LogP contribution in [0, 0.1) is 42.2 Å². The van der Waals surface area contributed by atoms with Crippen LogP contribution in [0.3, 0.4) is 0 Å². The average Bonchev–Trinajstić information content (AvgIpc) is 1.64. The molecular weight excluding hydrogens is 1560 g/mol. The van der Waals surface area contributed by atoms with Crippen molar-refractivity contribution in [3.8, 4) is 39.9 Å². The predicted octanol–water partition coefficient (Wildman–Crippen LogP) is 12.3. The van der Waals surface area contributed by atoms with E-state index in [0.29, 0.717) is 121 Å². The highest BCUT2D eigenvalue weighted by molar-refractivity contribution is 6.31. The lowest BCUT2D eigenvalue weighted by atomic mass is 10.0. The lowest BCUT2D eigenvalue weighted by molar-refractivity contribution is 0.0681. The Kier molecular flexibility index (Phi) is 22.4. The minimum Gasteiger partial charge on any atom is -0.364 e. The van der Waals surface area contributed by atoms with E-state index in [4.69, 9.17) is 34.8 Å². The van der Waals surface area contributed by atoms with Gasteiger partial charge in [0.1, 0.15) is 11.6 Å². The standard InChI is InChI=1S/2C21H18ClFN6O.C21H19ClN6O.C20H21N7O/c22-13-9-26-21(27-10-13)28-16-7-12-8-17(16)29(11-12)20(30)18-14(3-1-4-15(18)23)19-24-5-2-6-25-19;22-13-7-26-21(27-8-13)28-17-5-12-6-18(17)29(11-12)20(30)16-4-2-1-3-15(16)19-24-9-14(23)10-25-19;22-14-10-25-21(26-11-14)27-17-8-13-9-18(17)28(12-13)20(29)16-5-2-1-4-15(16)19-23-6-3-7-24-19;1-13-6-7-19(25-24-13)23-16-10-14-11-18(16)26(12-14)20(28)15-4-2-3-5-17(15)27-21-8-9-22-27/h1-6,9-10,12,16-17H,7-8,11H2,(H,26,27,28);1-4,7-10,12,17-18H,5-6,11H2,(H,26,27,28);1-7,10-11,13,17-18H,8-9,12H2,(H,25,26,27);2-9,14,16,18H,10-12H2,1H3,(H,23,25). The maximum absolute atomic E-state index is 14.8. The van der Waals surface area contributed by atoms with E-state index in [1.54, 1.807) is 103 Å². The molecule has 4 saturated carbocycles. The number of rotatable bonds is 16. The zero-order chi connectivity index (χ0) is 80.2. The van der Waals surface area contributed by atoms with E-state index in [2.05, 4.69) is 101 Å². The summed E-state index contributed by atoms with van der Waals surface area (Å²) in [6, 6.07) is 34.7. The second-order valence-corrected chi connectivity index (χ2v) is 31.5. The lowest BCUT2D eigenvalue weighted by Gasteiger charge is -2.34. The third kappa shape index (κ3) is 16.8. The van der Waals surface area contributed by atoms with Gasteiger partial charge in [-0.2, -0.15) is 20.1 Å². The summed E-state index contributed by atoms with van der Waals surface area (Å²) in [6.45, 7) is 4.80.